The molecule has 0 radical (unpaired) electrons. The fraction of sp³-hybridized carbons (Fsp3) is 0.767. The monoisotopic (exact) mass is 829 g/mol. The number of esters is 1. The lowest BCUT2D eigenvalue weighted by molar-refractivity contribution is -0.296. The molecule has 3 fully saturated rings. The Bertz CT molecular complexity index is 1660. The average molecular weight is 830 g/mol. The summed E-state index contributed by atoms with van der Waals surface area (Å²) in [4.78, 5) is 59.6. The van der Waals surface area contributed by atoms with Crippen LogP contribution in [0, 0.1) is 23.7 Å². The molecule has 1 aromatic heterocycles. The van der Waals surface area contributed by atoms with Gasteiger partial charge in [0.2, 0.25) is 6.10 Å². The molecule has 1 amide bonds. The van der Waals surface area contributed by atoms with Crippen molar-refractivity contribution in [3.8, 4) is 0 Å². The number of likely N-dealkylation sites (N-methyl/N-ethyl adjacent to an activating group) is 1. The number of amides is 1. The molecule has 59 heavy (non-hydrogen) atoms. The van der Waals surface area contributed by atoms with Crippen LogP contribution in [0.4, 0.5) is 0 Å². The molecule has 3 N–H and O–H groups in total. The second-order valence-electron chi connectivity index (χ2n) is 17.6. The Morgan fingerprint density at radius 2 is 1.78 bits per heavy atom. The number of aliphatic imine (C=N–C) groups is 1. The van der Waals surface area contributed by atoms with Crippen molar-refractivity contribution in [2.24, 2.45) is 33.8 Å². The van der Waals surface area contributed by atoms with E-state index in [0.717, 1.165) is 5.69 Å². The Hall–Kier alpha value is -3.22. The number of Topliss-reactive ketones (excluding diaryl/α,β-unsaturated/α-hetero) is 1. The highest BCUT2D eigenvalue weighted by molar-refractivity contribution is 6.01. The molecule has 0 saturated carbocycles. The third kappa shape index (κ3) is 11.0. The van der Waals surface area contributed by atoms with E-state index in [1.165, 1.54) is 13.8 Å². The Morgan fingerprint density at radius 3 is 2.46 bits per heavy atom. The summed E-state index contributed by atoms with van der Waals surface area (Å²) in [5.74, 6) is -5.33. The first-order valence-corrected chi connectivity index (χ1v) is 21.2. The van der Waals surface area contributed by atoms with Gasteiger partial charge in [-0.2, -0.15) is 0 Å². The number of oxime groups is 1. The predicted molar refractivity (Wildman–Crippen MR) is 219 cm³/mol. The van der Waals surface area contributed by atoms with Gasteiger partial charge in [0.25, 0.3) is 5.91 Å². The van der Waals surface area contributed by atoms with E-state index in [1.54, 1.807) is 20.0 Å². The molecule has 5 rings (SSSR count). The van der Waals surface area contributed by atoms with Crippen LogP contribution in [0.25, 0.3) is 0 Å². The van der Waals surface area contributed by atoms with Gasteiger partial charge in [0, 0.05) is 54.9 Å². The minimum atomic E-state index is -1.82. The molecular weight excluding hydrogens is 762 g/mol. The number of pyridine rings is 1. The second-order valence-corrected chi connectivity index (χ2v) is 17.6. The van der Waals surface area contributed by atoms with Crippen LogP contribution >= 0.6 is 0 Å². The standard InChI is InChI=1S/C43H67N5O11/c1-11-33-43(8,53)38-26(4)34-24(2)21-42(7,37(27(5)35(49)28(6)40(52)57-33)58-41-36(50)31(48(9)10)20-25(3)56-41)55-23-30(22-54-38)47-59-32(39(51)46-34)16-19-44-18-15-29-14-12-13-17-45-29/h12-14,17,24-28,31-33,36-38,41,44,50,53H,11,15-16,18-23H2,1-10H3/b46-34?,47-30-/t24-,25-,26+,27+,28-,31+,32?,33-,36-,37-,38-,41+,42-,43-/m1/s1. The maximum atomic E-state index is 14.4. The maximum absolute atomic E-state index is 14.4. The lowest BCUT2D eigenvalue weighted by atomic mass is 9.73. The Morgan fingerprint density at radius 1 is 1.03 bits per heavy atom. The number of ether oxygens (including phenoxy) is 5. The second kappa shape index (κ2) is 20.1. The number of hydrogen-bond acceptors (Lipinski definition) is 15. The van der Waals surface area contributed by atoms with Crippen molar-refractivity contribution in [2.45, 2.75) is 148 Å². The maximum Gasteiger partial charge on any atom is 0.316 e. The molecule has 4 aliphatic heterocycles. The van der Waals surface area contributed by atoms with Gasteiger partial charge < -0.3 is 49.0 Å². The molecule has 14 atom stereocenters. The van der Waals surface area contributed by atoms with Crippen molar-refractivity contribution >= 4 is 29.1 Å². The first-order valence-electron chi connectivity index (χ1n) is 21.2. The number of carbonyl (C=O) groups excluding carboxylic acids is 3. The van der Waals surface area contributed by atoms with Gasteiger partial charge in [-0.05, 0) is 85.6 Å². The fourth-order valence-electron chi connectivity index (χ4n) is 9.10. The van der Waals surface area contributed by atoms with E-state index in [2.05, 4.69) is 15.5 Å². The summed E-state index contributed by atoms with van der Waals surface area (Å²) >= 11 is 0. The minimum absolute atomic E-state index is 0.167. The predicted octanol–water partition coefficient (Wildman–Crippen LogP) is 2.90. The zero-order chi connectivity index (χ0) is 43.2. The van der Waals surface area contributed by atoms with Crippen molar-refractivity contribution in [1.29, 1.82) is 0 Å². The average Bonchev–Trinajstić information content (AvgIpc) is 3.22. The lowest BCUT2D eigenvalue weighted by Gasteiger charge is -2.47. The molecule has 3 saturated heterocycles. The number of ketones is 1. The highest BCUT2D eigenvalue weighted by Gasteiger charge is 2.53. The number of nitrogens with one attached hydrogen (secondary N) is 1. The van der Waals surface area contributed by atoms with Gasteiger partial charge in [0.15, 0.2) is 12.1 Å². The van der Waals surface area contributed by atoms with Crippen LogP contribution in [0.5, 0.6) is 0 Å². The Labute approximate surface area is 348 Å². The van der Waals surface area contributed by atoms with Crippen molar-refractivity contribution < 1.29 is 53.1 Å². The third-order valence-corrected chi connectivity index (χ3v) is 12.5. The molecule has 16 nitrogen and oxygen atoms in total. The summed E-state index contributed by atoms with van der Waals surface area (Å²) in [5, 5.41) is 31.8. The van der Waals surface area contributed by atoms with Crippen molar-refractivity contribution in [3.63, 3.8) is 0 Å². The topological polar surface area (TPSA) is 200 Å². The first-order chi connectivity index (χ1) is 27.9. The number of nitrogens with zero attached hydrogens (tertiary/aromatic N) is 4. The van der Waals surface area contributed by atoms with Gasteiger partial charge in [-0.15, -0.1) is 0 Å². The molecule has 4 aliphatic rings. The number of aliphatic hydroxyl groups is 2. The number of hydrogen-bond donors (Lipinski definition) is 3. The summed E-state index contributed by atoms with van der Waals surface area (Å²) < 4.78 is 32.4. The van der Waals surface area contributed by atoms with Gasteiger partial charge >= 0.3 is 5.97 Å². The smallest absolute Gasteiger partial charge is 0.316 e. The summed E-state index contributed by atoms with van der Waals surface area (Å²) in [6.45, 7) is 14.6. The van der Waals surface area contributed by atoms with Gasteiger partial charge in [-0.25, -0.2) is 4.99 Å². The van der Waals surface area contributed by atoms with Crippen molar-refractivity contribution in [1.82, 2.24) is 15.2 Å². The molecule has 330 valence electrons. The van der Waals surface area contributed by atoms with E-state index in [-0.39, 0.29) is 50.3 Å². The number of fused-ring (bicyclic) bond motifs is 4. The molecule has 0 aromatic carbocycles. The largest absolute Gasteiger partial charge is 0.459 e. The molecule has 0 aliphatic carbocycles. The Kier molecular flexibility index (Phi) is 16.0. The zero-order valence-corrected chi connectivity index (χ0v) is 36.5. The number of aliphatic hydroxyl groups excluding tert-OH is 1. The number of cyclic esters (lactones) is 1. The normalized spacial score (nSPS) is 39.9. The van der Waals surface area contributed by atoms with Crippen LogP contribution in [-0.2, 0) is 49.3 Å². The molecule has 1 aromatic rings. The summed E-state index contributed by atoms with van der Waals surface area (Å²) in [5.41, 5.74) is -1.56. The molecule has 1 unspecified atom stereocenters. The zero-order valence-electron chi connectivity index (χ0n) is 36.5. The van der Waals surface area contributed by atoms with E-state index < -0.39 is 89.3 Å². The van der Waals surface area contributed by atoms with Crippen LogP contribution in [-0.4, -0.2) is 150 Å². The summed E-state index contributed by atoms with van der Waals surface area (Å²) in [6.07, 6.45) is -3.23. The van der Waals surface area contributed by atoms with Crippen molar-refractivity contribution in [3.05, 3.63) is 30.1 Å². The highest BCUT2D eigenvalue weighted by atomic mass is 16.7. The minimum Gasteiger partial charge on any atom is -0.459 e. The van der Waals surface area contributed by atoms with E-state index >= 15 is 0 Å². The highest BCUT2D eigenvalue weighted by Crippen LogP contribution is 2.40. The summed E-state index contributed by atoms with van der Waals surface area (Å²) in [7, 11) is 3.75. The fourth-order valence-corrected chi connectivity index (χ4v) is 9.10. The van der Waals surface area contributed by atoms with Crippen LogP contribution in [0.1, 0.15) is 86.8 Å². The molecule has 5 heterocycles. The van der Waals surface area contributed by atoms with E-state index in [9.17, 15) is 24.6 Å². The number of rotatable bonds is 10. The van der Waals surface area contributed by atoms with Gasteiger partial charge in [-0.3, -0.25) is 19.4 Å². The summed E-state index contributed by atoms with van der Waals surface area (Å²) in [6, 6.07) is 5.45. The quantitative estimate of drug-likeness (QED) is 0.177. The van der Waals surface area contributed by atoms with Crippen LogP contribution in [0.15, 0.2) is 34.5 Å². The van der Waals surface area contributed by atoms with Crippen molar-refractivity contribution in [2.75, 3.05) is 40.4 Å². The lowest BCUT2D eigenvalue weighted by Crippen LogP contribution is -2.60. The number of carbonyl (C=O) groups is 3. The molecular formula is C43H67N5O11. The van der Waals surface area contributed by atoms with E-state index in [0.29, 0.717) is 31.6 Å². The molecule has 4 bridgehead atoms. The molecule has 0 spiro atoms. The van der Waals surface area contributed by atoms with Gasteiger partial charge in [0.05, 0.1) is 37.1 Å². The Balaban J connectivity index is 1.59. The third-order valence-electron chi connectivity index (χ3n) is 12.5. The van der Waals surface area contributed by atoms with E-state index in [1.807, 2.05) is 64.9 Å². The molecule has 16 heteroatoms. The van der Waals surface area contributed by atoms with E-state index in [4.69, 9.17) is 33.5 Å². The van der Waals surface area contributed by atoms with Crippen LogP contribution < -0.4 is 5.32 Å². The van der Waals surface area contributed by atoms with Gasteiger partial charge in [0.1, 0.15) is 29.4 Å². The number of aromatic nitrogens is 1. The first kappa shape index (κ1) is 46.8. The SMILES string of the molecule is CC[C@H]1OC(=O)[C@H](C)C(=O)[C@H](C)[C@@H](O[C@@H]2O[C@H](C)C[C@H](N(C)C)[C@H]2O)[C@@]2(C)C[C@@H](C)C3=NC(=O)C(CCNCCc4ccccn4)O/N=C(/CO[C@H]([C@H]3C)[C@]1(C)O)CO2. The van der Waals surface area contributed by atoms with Gasteiger partial charge in [-0.1, -0.05) is 38.9 Å². The van der Waals surface area contributed by atoms with Crippen LogP contribution in [0.2, 0.25) is 0 Å². The van der Waals surface area contributed by atoms with Crippen LogP contribution in [0.3, 0.4) is 0 Å².